The Morgan fingerprint density at radius 3 is 2.33 bits per heavy atom. The van der Waals surface area contributed by atoms with Crippen LogP contribution < -0.4 is 0 Å². The van der Waals surface area contributed by atoms with Crippen LogP contribution in [0.2, 0.25) is 0 Å². The molecule has 0 aromatic rings. The summed E-state index contributed by atoms with van der Waals surface area (Å²) in [6.07, 6.45) is 2.81. The lowest BCUT2D eigenvalue weighted by Crippen LogP contribution is -2.25. The maximum Gasteiger partial charge on any atom is 0.325 e. The van der Waals surface area contributed by atoms with Crippen LogP contribution in [-0.2, 0) is 19.1 Å². The van der Waals surface area contributed by atoms with E-state index in [1.54, 1.807) is 12.1 Å². The summed E-state index contributed by atoms with van der Waals surface area (Å²) in [6, 6.07) is 3.51. The average molecular weight is 328 g/mol. The molecule has 0 bridgehead atoms. The molecular weight excluding hydrogens is 308 g/mol. The van der Waals surface area contributed by atoms with Crippen LogP contribution in [0, 0.1) is 34.5 Å². The van der Waals surface area contributed by atoms with Gasteiger partial charge in [0.1, 0.15) is 12.8 Å². The van der Waals surface area contributed by atoms with E-state index in [2.05, 4.69) is 6.92 Å². The van der Waals surface area contributed by atoms with Crippen LogP contribution in [0.4, 0.5) is 0 Å². The van der Waals surface area contributed by atoms with Crippen molar-refractivity contribution in [3.8, 4) is 12.1 Å². The zero-order valence-electron chi connectivity index (χ0n) is 13.9. The number of nitrogens with zero attached hydrogens (tertiary/aromatic N) is 2. The maximum atomic E-state index is 11.8. The molecule has 0 saturated carbocycles. The second-order valence-corrected chi connectivity index (χ2v) is 6.21. The highest BCUT2D eigenvalue weighted by Crippen LogP contribution is 2.44. The minimum Gasteiger partial charge on any atom is -0.426 e. The number of hydrogen-bond acceptors (Lipinski definition) is 6. The fourth-order valence-electron chi connectivity index (χ4n) is 3.29. The molecule has 0 aromatic carbocycles. The molecule has 0 N–H and O–H groups in total. The lowest BCUT2D eigenvalue weighted by atomic mass is 9.75. The van der Waals surface area contributed by atoms with Gasteiger partial charge < -0.3 is 9.47 Å². The molecule has 0 radical (unpaired) electrons. The first-order valence-electron chi connectivity index (χ1n) is 8.09. The van der Waals surface area contributed by atoms with Crippen molar-refractivity contribution in [2.24, 2.45) is 11.8 Å². The summed E-state index contributed by atoms with van der Waals surface area (Å²) in [5.41, 5.74) is 2.14. The van der Waals surface area contributed by atoms with Crippen molar-refractivity contribution >= 4 is 11.9 Å². The van der Waals surface area contributed by atoms with Gasteiger partial charge in [-0.05, 0) is 37.2 Å². The van der Waals surface area contributed by atoms with E-state index in [0.717, 1.165) is 31.3 Å². The summed E-state index contributed by atoms with van der Waals surface area (Å²) >= 11 is 0. The lowest BCUT2D eigenvalue weighted by molar-refractivity contribution is -0.143. The summed E-state index contributed by atoms with van der Waals surface area (Å²) in [5, 5.41) is 17.3. The number of nitriles is 2. The lowest BCUT2D eigenvalue weighted by Gasteiger charge is -2.34. The number of carbonyl (C=O) groups is 2. The predicted octanol–water partition coefficient (Wildman–Crippen LogP) is 3.27. The van der Waals surface area contributed by atoms with Gasteiger partial charge in [-0.2, -0.15) is 10.5 Å². The molecular formula is C18H20N2O4. The zero-order valence-corrected chi connectivity index (χ0v) is 13.9. The Hall–Kier alpha value is -2.60. The van der Waals surface area contributed by atoms with Crippen molar-refractivity contribution in [1.82, 2.24) is 0 Å². The van der Waals surface area contributed by atoms with Gasteiger partial charge in [0.2, 0.25) is 0 Å². The second-order valence-electron chi connectivity index (χ2n) is 6.21. The summed E-state index contributed by atoms with van der Waals surface area (Å²) in [6.45, 7) is 4.04. The van der Waals surface area contributed by atoms with E-state index in [9.17, 15) is 9.59 Å². The first kappa shape index (κ1) is 17.7. The third-order valence-electron chi connectivity index (χ3n) is 4.40. The van der Waals surface area contributed by atoms with Crippen LogP contribution in [0.3, 0.4) is 0 Å². The fourth-order valence-corrected chi connectivity index (χ4v) is 3.29. The number of rotatable bonds is 4. The van der Waals surface area contributed by atoms with Crippen molar-refractivity contribution < 1.29 is 19.1 Å². The third kappa shape index (κ3) is 3.83. The summed E-state index contributed by atoms with van der Waals surface area (Å²) in [4.78, 5) is 23.6. The van der Waals surface area contributed by atoms with Gasteiger partial charge in [0.15, 0.2) is 11.5 Å². The number of allylic oxidation sites excluding steroid dienone is 3. The third-order valence-corrected chi connectivity index (χ3v) is 4.40. The molecule has 0 heterocycles. The molecule has 2 rings (SSSR count). The minimum atomic E-state index is -0.666. The Morgan fingerprint density at radius 2 is 1.71 bits per heavy atom. The van der Waals surface area contributed by atoms with Crippen LogP contribution in [-0.4, -0.2) is 11.9 Å². The van der Waals surface area contributed by atoms with E-state index in [4.69, 9.17) is 20.0 Å². The van der Waals surface area contributed by atoms with Gasteiger partial charge >= 0.3 is 11.9 Å². The van der Waals surface area contributed by atoms with Gasteiger partial charge in [0.25, 0.3) is 0 Å². The standard InChI is InChI=1S/C18H20N2O4/c1-11-4-3-5-13-14(11)10-12(2)17(23-15(21)6-8-19)18(13)24-16(22)7-9-20/h11-12H,3-7,10H2,1-2H3. The molecule has 0 aliphatic heterocycles. The Balaban J connectivity index is 2.43. The average Bonchev–Trinajstić information content (AvgIpc) is 2.52. The van der Waals surface area contributed by atoms with Crippen LogP contribution >= 0.6 is 0 Å². The quantitative estimate of drug-likeness (QED) is 0.734. The number of carbonyl (C=O) groups excluding carboxylic acids is 2. The van der Waals surface area contributed by atoms with Crippen molar-refractivity contribution in [2.75, 3.05) is 0 Å². The molecule has 126 valence electrons. The van der Waals surface area contributed by atoms with Gasteiger partial charge in [-0.25, -0.2) is 0 Å². The molecule has 0 aromatic heterocycles. The van der Waals surface area contributed by atoms with E-state index < -0.39 is 11.9 Å². The first-order chi connectivity index (χ1) is 11.5. The van der Waals surface area contributed by atoms with Gasteiger partial charge in [-0.15, -0.1) is 0 Å². The summed E-state index contributed by atoms with van der Waals surface area (Å²) < 4.78 is 10.8. The van der Waals surface area contributed by atoms with Crippen LogP contribution in [0.15, 0.2) is 22.7 Å². The second kappa shape index (κ2) is 7.79. The molecule has 0 fully saturated rings. The van der Waals surface area contributed by atoms with Crippen LogP contribution in [0.1, 0.15) is 52.4 Å². The normalized spacial score (nSPS) is 23.0. The largest absolute Gasteiger partial charge is 0.426 e. The molecule has 2 unspecified atom stereocenters. The van der Waals surface area contributed by atoms with Gasteiger partial charge in [0.05, 0.1) is 12.1 Å². The van der Waals surface area contributed by atoms with Gasteiger partial charge in [-0.3, -0.25) is 9.59 Å². The molecule has 0 spiro atoms. The van der Waals surface area contributed by atoms with Crippen LogP contribution in [0.25, 0.3) is 0 Å². The maximum absolute atomic E-state index is 11.8. The molecule has 0 saturated heterocycles. The van der Waals surface area contributed by atoms with E-state index in [0.29, 0.717) is 11.7 Å². The molecule has 6 heteroatoms. The molecule has 2 aliphatic carbocycles. The highest BCUT2D eigenvalue weighted by molar-refractivity contribution is 5.75. The summed E-state index contributed by atoms with van der Waals surface area (Å²) in [7, 11) is 0. The van der Waals surface area contributed by atoms with E-state index in [-0.39, 0.29) is 24.5 Å². The first-order valence-corrected chi connectivity index (χ1v) is 8.09. The van der Waals surface area contributed by atoms with Crippen molar-refractivity contribution in [1.29, 1.82) is 10.5 Å². The highest BCUT2D eigenvalue weighted by atomic mass is 16.6. The van der Waals surface area contributed by atoms with E-state index in [1.807, 2.05) is 6.92 Å². The highest BCUT2D eigenvalue weighted by Gasteiger charge is 2.35. The molecule has 24 heavy (non-hydrogen) atoms. The number of hydrogen-bond donors (Lipinski definition) is 0. The number of ether oxygens (including phenoxy) is 2. The Labute approximate surface area is 141 Å². The SMILES string of the molecule is CC1CCCC2=C1CC(C)C(OC(=O)CC#N)=C2OC(=O)CC#N. The Morgan fingerprint density at radius 1 is 1.08 bits per heavy atom. The zero-order chi connectivity index (χ0) is 17.7. The van der Waals surface area contributed by atoms with E-state index in [1.165, 1.54) is 5.57 Å². The molecule has 6 nitrogen and oxygen atoms in total. The molecule has 2 atom stereocenters. The smallest absolute Gasteiger partial charge is 0.325 e. The van der Waals surface area contributed by atoms with E-state index >= 15 is 0 Å². The topological polar surface area (TPSA) is 100 Å². The van der Waals surface area contributed by atoms with Crippen LogP contribution in [0.5, 0.6) is 0 Å². The summed E-state index contributed by atoms with van der Waals surface area (Å²) in [5.74, 6) is -0.494. The van der Waals surface area contributed by atoms with Gasteiger partial charge in [0, 0.05) is 5.92 Å². The number of esters is 2. The Bertz CT molecular complexity index is 691. The molecule has 2 aliphatic rings. The monoisotopic (exact) mass is 328 g/mol. The minimum absolute atomic E-state index is 0.128. The fraction of sp³-hybridized carbons (Fsp3) is 0.556. The molecule has 0 amide bonds. The Kier molecular flexibility index (Phi) is 5.76. The predicted molar refractivity (Wildman–Crippen MR) is 83.5 cm³/mol. The van der Waals surface area contributed by atoms with Crippen molar-refractivity contribution in [3.05, 3.63) is 22.7 Å². The van der Waals surface area contributed by atoms with Crippen molar-refractivity contribution in [3.63, 3.8) is 0 Å². The van der Waals surface area contributed by atoms with Gasteiger partial charge in [-0.1, -0.05) is 19.4 Å². The van der Waals surface area contributed by atoms with Crippen molar-refractivity contribution in [2.45, 2.75) is 52.4 Å².